The summed E-state index contributed by atoms with van der Waals surface area (Å²) in [6.07, 6.45) is 4.69. The lowest BCUT2D eigenvalue weighted by molar-refractivity contribution is -0.142. The summed E-state index contributed by atoms with van der Waals surface area (Å²) >= 11 is 0. The second-order valence-corrected chi connectivity index (χ2v) is 5.16. The van der Waals surface area contributed by atoms with E-state index >= 15 is 0 Å². The molecule has 2 saturated heterocycles. The summed E-state index contributed by atoms with van der Waals surface area (Å²) in [6.45, 7) is 4.79. The Morgan fingerprint density at radius 3 is 2.75 bits per heavy atom. The van der Waals surface area contributed by atoms with Gasteiger partial charge in [0.2, 0.25) is 0 Å². The second-order valence-electron chi connectivity index (χ2n) is 5.16. The minimum Gasteiger partial charge on any atom is -0.393 e. The van der Waals surface area contributed by atoms with E-state index in [1.165, 1.54) is 0 Å². The molecule has 0 bridgehead atoms. The lowest BCUT2D eigenvalue weighted by atomic mass is 9.83. The number of ether oxygens (including phenoxy) is 1. The first-order valence-electron chi connectivity index (χ1n) is 6.49. The van der Waals surface area contributed by atoms with Gasteiger partial charge in [-0.25, -0.2) is 0 Å². The van der Waals surface area contributed by atoms with Crippen molar-refractivity contribution in [1.29, 1.82) is 0 Å². The maximum absolute atomic E-state index is 9.72. The van der Waals surface area contributed by atoms with E-state index in [0.717, 1.165) is 64.9 Å². The predicted octanol–water partition coefficient (Wildman–Crippen LogP) is 0.341. The number of aliphatic hydroxyl groups excluding tert-OH is 1. The topological polar surface area (TPSA) is 58.7 Å². The van der Waals surface area contributed by atoms with Crippen molar-refractivity contribution in [3.05, 3.63) is 0 Å². The maximum Gasteiger partial charge on any atom is 0.0731 e. The zero-order valence-electron chi connectivity index (χ0n) is 10.0. The molecule has 16 heavy (non-hydrogen) atoms. The van der Waals surface area contributed by atoms with Crippen molar-refractivity contribution in [2.75, 3.05) is 32.8 Å². The number of nitrogens with zero attached hydrogens (tertiary/aromatic N) is 1. The van der Waals surface area contributed by atoms with Crippen LogP contribution >= 0.6 is 0 Å². The van der Waals surface area contributed by atoms with Crippen LogP contribution in [0.15, 0.2) is 0 Å². The van der Waals surface area contributed by atoms with Gasteiger partial charge in [-0.05, 0) is 38.8 Å². The molecule has 2 aliphatic rings. The fourth-order valence-electron chi connectivity index (χ4n) is 2.85. The van der Waals surface area contributed by atoms with Crippen LogP contribution < -0.4 is 5.73 Å². The predicted molar refractivity (Wildman–Crippen MR) is 63.3 cm³/mol. The molecule has 1 spiro atoms. The van der Waals surface area contributed by atoms with Crippen LogP contribution in [0.25, 0.3) is 0 Å². The first-order valence-corrected chi connectivity index (χ1v) is 6.49. The Kier molecular flexibility index (Phi) is 4.19. The van der Waals surface area contributed by atoms with E-state index in [1.54, 1.807) is 0 Å². The Morgan fingerprint density at radius 1 is 1.38 bits per heavy atom. The lowest BCUT2D eigenvalue weighted by Gasteiger charge is -2.45. The molecule has 0 aromatic heterocycles. The average molecular weight is 228 g/mol. The van der Waals surface area contributed by atoms with Crippen LogP contribution in [0.3, 0.4) is 0 Å². The van der Waals surface area contributed by atoms with Crippen molar-refractivity contribution >= 4 is 0 Å². The van der Waals surface area contributed by atoms with Gasteiger partial charge in [-0.2, -0.15) is 0 Å². The molecule has 4 nitrogen and oxygen atoms in total. The van der Waals surface area contributed by atoms with Gasteiger partial charge in [-0.1, -0.05) is 0 Å². The van der Waals surface area contributed by atoms with Gasteiger partial charge in [-0.3, -0.25) is 0 Å². The molecule has 2 heterocycles. The van der Waals surface area contributed by atoms with E-state index < -0.39 is 0 Å². The van der Waals surface area contributed by atoms with Gasteiger partial charge in [0.15, 0.2) is 0 Å². The third-order valence-electron chi connectivity index (χ3n) is 3.91. The highest BCUT2D eigenvalue weighted by Gasteiger charge is 2.39. The monoisotopic (exact) mass is 228 g/mol. The molecule has 0 aliphatic carbocycles. The molecule has 94 valence electrons. The van der Waals surface area contributed by atoms with Crippen LogP contribution in [-0.2, 0) is 4.74 Å². The summed E-state index contributed by atoms with van der Waals surface area (Å²) < 4.78 is 5.92. The standard InChI is InChI=1S/C12H24N2O2/c13-5-1-6-14-7-3-12(4-8-14)10-11(15)2-9-16-12/h11,15H,1-10,13H2. The highest BCUT2D eigenvalue weighted by molar-refractivity contribution is 4.92. The summed E-state index contributed by atoms with van der Waals surface area (Å²) in [4.78, 5) is 2.46. The molecule has 1 atom stereocenters. The Bertz CT molecular complexity index is 215. The molecule has 3 N–H and O–H groups in total. The van der Waals surface area contributed by atoms with E-state index in [-0.39, 0.29) is 11.7 Å². The third-order valence-corrected chi connectivity index (χ3v) is 3.91. The van der Waals surface area contributed by atoms with Gasteiger partial charge in [0.25, 0.3) is 0 Å². The first-order chi connectivity index (χ1) is 7.74. The maximum atomic E-state index is 9.72. The van der Waals surface area contributed by atoms with Gasteiger partial charge < -0.3 is 20.5 Å². The first kappa shape index (κ1) is 12.3. The van der Waals surface area contributed by atoms with Crippen LogP contribution in [0, 0.1) is 0 Å². The van der Waals surface area contributed by atoms with Crippen molar-refractivity contribution in [2.45, 2.75) is 43.8 Å². The van der Waals surface area contributed by atoms with E-state index in [4.69, 9.17) is 10.5 Å². The molecule has 2 aliphatic heterocycles. The van der Waals surface area contributed by atoms with Gasteiger partial charge in [0.05, 0.1) is 11.7 Å². The molecule has 0 aromatic carbocycles. The number of hydrogen-bond acceptors (Lipinski definition) is 4. The fourth-order valence-corrected chi connectivity index (χ4v) is 2.85. The molecular formula is C12H24N2O2. The molecule has 4 heteroatoms. The highest BCUT2D eigenvalue weighted by atomic mass is 16.5. The molecule has 1 unspecified atom stereocenters. The molecule has 0 amide bonds. The van der Waals surface area contributed by atoms with E-state index in [2.05, 4.69) is 4.90 Å². The van der Waals surface area contributed by atoms with Gasteiger partial charge in [-0.15, -0.1) is 0 Å². The summed E-state index contributed by atoms with van der Waals surface area (Å²) in [5.74, 6) is 0. The molecule has 0 aromatic rings. The van der Waals surface area contributed by atoms with Gasteiger partial charge in [0, 0.05) is 26.1 Å². The Labute approximate surface area is 97.7 Å². The SMILES string of the molecule is NCCCN1CCC2(CC1)CC(O)CCO2. The van der Waals surface area contributed by atoms with Gasteiger partial charge >= 0.3 is 0 Å². The molecule has 2 fully saturated rings. The summed E-state index contributed by atoms with van der Waals surface area (Å²) in [5, 5.41) is 9.72. The number of hydrogen-bond donors (Lipinski definition) is 2. The smallest absolute Gasteiger partial charge is 0.0731 e. The lowest BCUT2D eigenvalue weighted by Crippen LogP contribution is -2.50. The van der Waals surface area contributed by atoms with E-state index in [9.17, 15) is 5.11 Å². The zero-order chi connectivity index (χ0) is 11.4. The third kappa shape index (κ3) is 2.94. The van der Waals surface area contributed by atoms with Crippen LogP contribution in [0.2, 0.25) is 0 Å². The van der Waals surface area contributed by atoms with Crippen molar-refractivity contribution < 1.29 is 9.84 Å². The minimum absolute atomic E-state index is 0.0170. The minimum atomic E-state index is -0.149. The van der Waals surface area contributed by atoms with Crippen LogP contribution in [-0.4, -0.2) is 54.5 Å². The van der Waals surface area contributed by atoms with Crippen molar-refractivity contribution in [1.82, 2.24) is 4.90 Å². The van der Waals surface area contributed by atoms with E-state index in [0.29, 0.717) is 0 Å². The molecule has 2 rings (SSSR count). The molecule has 0 radical (unpaired) electrons. The van der Waals surface area contributed by atoms with E-state index in [1.807, 2.05) is 0 Å². The zero-order valence-corrected chi connectivity index (χ0v) is 10.0. The quantitative estimate of drug-likeness (QED) is 0.731. The Hall–Kier alpha value is -0.160. The highest BCUT2D eigenvalue weighted by Crippen LogP contribution is 2.34. The normalized spacial score (nSPS) is 30.8. The van der Waals surface area contributed by atoms with Crippen LogP contribution in [0.1, 0.15) is 32.1 Å². The van der Waals surface area contributed by atoms with Gasteiger partial charge in [0.1, 0.15) is 0 Å². The van der Waals surface area contributed by atoms with Crippen LogP contribution in [0.4, 0.5) is 0 Å². The fraction of sp³-hybridized carbons (Fsp3) is 1.00. The Morgan fingerprint density at radius 2 is 2.12 bits per heavy atom. The van der Waals surface area contributed by atoms with Crippen molar-refractivity contribution in [2.24, 2.45) is 5.73 Å². The summed E-state index contributed by atoms with van der Waals surface area (Å²) in [7, 11) is 0. The van der Waals surface area contributed by atoms with Crippen molar-refractivity contribution in [3.63, 3.8) is 0 Å². The second kappa shape index (κ2) is 5.45. The number of likely N-dealkylation sites (tertiary alicyclic amines) is 1. The number of rotatable bonds is 3. The number of piperidine rings is 1. The largest absolute Gasteiger partial charge is 0.393 e. The van der Waals surface area contributed by atoms with Crippen molar-refractivity contribution in [3.8, 4) is 0 Å². The number of aliphatic hydroxyl groups is 1. The summed E-state index contributed by atoms with van der Waals surface area (Å²) in [5.41, 5.74) is 5.50. The molecule has 0 saturated carbocycles. The van der Waals surface area contributed by atoms with Crippen LogP contribution in [0.5, 0.6) is 0 Å². The average Bonchev–Trinajstić information content (AvgIpc) is 2.28. The number of nitrogens with two attached hydrogens (primary N) is 1. The Balaban J connectivity index is 1.79. The summed E-state index contributed by atoms with van der Waals surface area (Å²) in [6, 6.07) is 0. The molecular weight excluding hydrogens is 204 g/mol.